The number of hydrogen-bond acceptors (Lipinski definition) is 4. The van der Waals surface area contributed by atoms with Crippen LogP contribution in [-0.2, 0) is 4.79 Å². The second-order valence-corrected chi connectivity index (χ2v) is 5.50. The lowest BCUT2D eigenvalue weighted by Gasteiger charge is -2.18. The van der Waals surface area contributed by atoms with Crippen molar-refractivity contribution in [3.05, 3.63) is 24.3 Å². The molecule has 1 aromatic rings. The Balaban J connectivity index is 1.75. The predicted molar refractivity (Wildman–Crippen MR) is 84.7 cm³/mol. The molecule has 0 spiro atoms. The molecule has 1 aliphatic rings. The molecule has 1 aromatic carbocycles. The second kappa shape index (κ2) is 7.67. The smallest absolute Gasteiger partial charge is 0.259 e. The third-order valence-electron chi connectivity index (χ3n) is 3.63. The molecule has 114 valence electrons. The molecule has 1 amide bonds. The molecular weight excluding hydrogens is 266 g/mol. The minimum absolute atomic E-state index is 0.128. The second-order valence-electron chi connectivity index (χ2n) is 5.50. The molecule has 1 aliphatic carbocycles. The molecule has 5 nitrogen and oxygen atoms in total. The van der Waals surface area contributed by atoms with Gasteiger partial charge in [-0.15, -0.1) is 0 Å². The van der Waals surface area contributed by atoms with Gasteiger partial charge in [-0.3, -0.25) is 4.79 Å². The first-order chi connectivity index (χ1) is 10.2. The molecule has 5 heteroatoms. The van der Waals surface area contributed by atoms with E-state index in [1.807, 2.05) is 24.3 Å². The van der Waals surface area contributed by atoms with Crippen LogP contribution in [0.25, 0.3) is 0 Å². The Kier molecular flexibility index (Phi) is 5.60. The first-order valence-corrected chi connectivity index (χ1v) is 7.39. The van der Waals surface area contributed by atoms with Crippen LogP contribution in [0, 0.1) is 5.92 Å². The van der Waals surface area contributed by atoms with Crippen LogP contribution in [0.3, 0.4) is 0 Å². The van der Waals surface area contributed by atoms with E-state index in [1.165, 1.54) is 12.8 Å². The highest BCUT2D eigenvalue weighted by atomic mass is 16.5. The number of hydrogen-bond donors (Lipinski definition) is 2. The molecule has 21 heavy (non-hydrogen) atoms. The largest absolute Gasteiger partial charge is 0.497 e. The van der Waals surface area contributed by atoms with Crippen LogP contribution in [0.2, 0.25) is 0 Å². The van der Waals surface area contributed by atoms with Crippen molar-refractivity contribution < 1.29 is 9.53 Å². The van der Waals surface area contributed by atoms with Crippen molar-refractivity contribution in [2.75, 3.05) is 19.0 Å². The molecule has 1 fully saturated rings. The van der Waals surface area contributed by atoms with E-state index in [2.05, 4.69) is 22.8 Å². The van der Waals surface area contributed by atoms with Crippen LogP contribution in [0.15, 0.2) is 29.4 Å². The van der Waals surface area contributed by atoms with E-state index in [0.717, 1.165) is 30.0 Å². The molecule has 1 saturated carbocycles. The number of methoxy groups -OCH3 is 1. The Hall–Kier alpha value is -2.04. The number of ether oxygens (including phenoxy) is 1. The number of nitrogens with zero attached hydrogens (tertiary/aromatic N) is 1. The Morgan fingerprint density at radius 1 is 1.38 bits per heavy atom. The van der Waals surface area contributed by atoms with Gasteiger partial charge in [-0.2, -0.15) is 5.10 Å². The minimum Gasteiger partial charge on any atom is -0.497 e. The van der Waals surface area contributed by atoms with Crippen LogP contribution >= 0.6 is 0 Å². The van der Waals surface area contributed by atoms with Gasteiger partial charge in [-0.1, -0.05) is 6.92 Å². The zero-order valence-corrected chi connectivity index (χ0v) is 12.7. The summed E-state index contributed by atoms with van der Waals surface area (Å²) in [5.74, 6) is 1.34. The van der Waals surface area contributed by atoms with Crippen LogP contribution < -0.4 is 15.5 Å². The molecule has 0 heterocycles. The standard InChI is InChI=1S/C16H23N3O2/c1-12-4-3-5-14(10-12)18-19-16(20)11-17-13-6-8-15(21-2)9-7-13/h6-9,12,17H,3-5,10-11H2,1-2H3,(H,19,20)/t12-/m0/s1. The van der Waals surface area contributed by atoms with Gasteiger partial charge in [0, 0.05) is 11.4 Å². The maximum absolute atomic E-state index is 11.8. The maximum atomic E-state index is 11.8. The first-order valence-electron chi connectivity index (χ1n) is 7.39. The van der Waals surface area contributed by atoms with Gasteiger partial charge in [0.25, 0.3) is 5.91 Å². The summed E-state index contributed by atoms with van der Waals surface area (Å²) in [4.78, 5) is 11.8. The van der Waals surface area contributed by atoms with Crippen molar-refractivity contribution in [2.45, 2.75) is 32.6 Å². The Bertz CT molecular complexity index is 497. The normalized spacial score (nSPS) is 20.1. The van der Waals surface area contributed by atoms with Crippen molar-refractivity contribution >= 4 is 17.3 Å². The number of hydrazone groups is 1. The summed E-state index contributed by atoms with van der Waals surface area (Å²) < 4.78 is 5.08. The summed E-state index contributed by atoms with van der Waals surface area (Å²) >= 11 is 0. The zero-order chi connectivity index (χ0) is 15.1. The maximum Gasteiger partial charge on any atom is 0.259 e. The highest BCUT2D eigenvalue weighted by Crippen LogP contribution is 2.20. The monoisotopic (exact) mass is 289 g/mol. The van der Waals surface area contributed by atoms with Crippen LogP contribution in [0.1, 0.15) is 32.6 Å². The number of anilines is 1. The van der Waals surface area contributed by atoms with Crippen molar-refractivity contribution in [3.8, 4) is 5.75 Å². The quantitative estimate of drug-likeness (QED) is 0.819. The minimum atomic E-state index is -0.128. The number of benzene rings is 1. The van der Waals surface area contributed by atoms with Gasteiger partial charge in [0.1, 0.15) is 5.75 Å². The predicted octanol–water partition coefficient (Wildman–Crippen LogP) is 2.79. The highest BCUT2D eigenvalue weighted by molar-refractivity contribution is 5.87. The average molecular weight is 289 g/mol. The van der Waals surface area contributed by atoms with E-state index in [4.69, 9.17) is 4.74 Å². The summed E-state index contributed by atoms with van der Waals surface area (Å²) in [5.41, 5.74) is 4.61. The van der Waals surface area contributed by atoms with E-state index in [-0.39, 0.29) is 12.5 Å². The van der Waals surface area contributed by atoms with Gasteiger partial charge >= 0.3 is 0 Å². The Morgan fingerprint density at radius 3 is 2.81 bits per heavy atom. The first kappa shape index (κ1) is 15.4. The third kappa shape index (κ3) is 5.10. The highest BCUT2D eigenvalue weighted by Gasteiger charge is 2.14. The lowest BCUT2D eigenvalue weighted by Crippen LogP contribution is -2.27. The van der Waals surface area contributed by atoms with E-state index in [1.54, 1.807) is 7.11 Å². The fraction of sp³-hybridized carbons (Fsp3) is 0.500. The number of nitrogens with one attached hydrogen (secondary N) is 2. The van der Waals surface area contributed by atoms with Gasteiger partial charge < -0.3 is 10.1 Å². The Labute approximate surface area is 125 Å². The Morgan fingerprint density at radius 2 is 2.14 bits per heavy atom. The van der Waals surface area contributed by atoms with E-state index < -0.39 is 0 Å². The van der Waals surface area contributed by atoms with Gasteiger partial charge in [0.2, 0.25) is 0 Å². The summed E-state index contributed by atoms with van der Waals surface area (Å²) in [6.07, 6.45) is 4.41. The van der Waals surface area contributed by atoms with Gasteiger partial charge in [0.05, 0.1) is 13.7 Å². The van der Waals surface area contributed by atoms with Crippen molar-refractivity contribution in [3.63, 3.8) is 0 Å². The van der Waals surface area contributed by atoms with Gasteiger partial charge in [-0.05, 0) is 55.9 Å². The molecule has 0 unspecified atom stereocenters. The molecule has 0 aromatic heterocycles. The van der Waals surface area contributed by atoms with E-state index in [0.29, 0.717) is 5.92 Å². The third-order valence-corrected chi connectivity index (χ3v) is 3.63. The number of carbonyl (C=O) groups is 1. The molecule has 2 rings (SSSR count). The van der Waals surface area contributed by atoms with Crippen LogP contribution in [0.5, 0.6) is 5.75 Å². The fourth-order valence-electron chi connectivity index (χ4n) is 2.43. The number of rotatable bonds is 5. The number of amides is 1. The molecule has 0 radical (unpaired) electrons. The summed E-state index contributed by atoms with van der Waals surface area (Å²) in [6.45, 7) is 2.43. The van der Waals surface area contributed by atoms with Gasteiger partial charge in [-0.25, -0.2) is 5.43 Å². The van der Waals surface area contributed by atoms with Crippen LogP contribution in [0.4, 0.5) is 5.69 Å². The average Bonchev–Trinajstić information content (AvgIpc) is 2.51. The number of carbonyl (C=O) groups excluding carboxylic acids is 1. The van der Waals surface area contributed by atoms with E-state index in [9.17, 15) is 4.79 Å². The lowest BCUT2D eigenvalue weighted by molar-refractivity contribution is -0.119. The molecule has 0 saturated heterocycles. The SMILES string of the molecule is COc1ccc(NCC(=O)NN=C2CCC[C@H](C)C2)cc1. The van der Waals surface area contributed by atoms with E-state index >= 15 is 0 Å². The molecule has 1 atom stereocenters. The van der Waals surface area contributed by atoms with Crippen molar-refractivity contribution in [2.24, 2.45) is 11.0 Å². The topological polar surface area (TPSA) is 62.7 Å². The molecule has 0 bridgehead atoms. The molecular formula is C16H23N3O2. The fourth-order valence-corrected chi connectivity index (χ4v) is 2.43. The summed E-state index contributed by atoms with van der Waals surface area (Å²) in [6, 6.07) is 7.45. The van der Waals surface area contributed by atoms with Crippen molar-refractivity contribution in [1.82, 2.24) is 5.43 Å². The molecule has 0 aliphatic heterocycles. The zero-order valence-electron chi connectivity index (χ0n) is 12.7. The van der Waals surface area contributed by atoms with Crippen molar-refractivity contribution in [1.29, 1.82) is 0 Å². The summed E-state index contributed by atoms with van der Waals surface area (Å²) in [7, 11) is 1.63. The summed E-state index contributed by atoms with van der Waals surface area (Å²) in [5, 5.41) is 7.29. The van der Waals surface area contributed by atoms with Crippen LogP contribution in [-0.4, -0.2) is 25.3 Å². The molecule has 2 N–H and O–H groups in total. The lowest BCUT2D eigenvalue weighted by atomic mass is 9.89. The van der Waals surface area contributed by atoms with Gasteiger partial charge in [0.15, 0.2) is 0 Å².